The normalized spacial score (nSPS) is 20.2. The second-order valence-electron chi connectivity index (χ2n) is 6.99. The molecular weight excluding hydrogens is 382 g/mol. The maximum absolute atomic E-state index is 6.53. The molecule has 2 fully saturated rings. The number of hydrogen-bond acceptors (Lipinski definition) is 8. The van der Waals surface area contributed by atoms with Gasteiger partial charge in [0, 0.05) is 44.6 Å². The van der Waals surface area contributed by atoms with Crippen LogP contribution in [0.2, 0.25) is 5.28 Å². The zero-order valence-corrected chi connectivity index (χ0v) is 16.0. The number of rotatable bonds is 4. The molecule has 2 saturated heterocycles. The van der Waals surface area contributed by atoms with E-state index in [-0.39, 0.29) is 0 Å². The summed E-state index contributed by atoms with van der Waals surface area (Å²) >= 11 is 6.53. The molecule has 3 aromatic heterocycles. The van der Waals surface area contributed by atoms with Gasteiger partial charge in [-0.05, 0) is 18.0 Å². The molecule has 0 spiro atoms. The average molecular weight is 402 g/mol. The zero-order chi connectivity index (χ0) is 18.9. The number of hydrogen-bond donors (Lipinski definition) is 0. The highest BCUT2D eigenvalue weighted by atomic mass is 35.5. The van der Waals surface area contributed by atoms with Crippen LogP contribution in [0.3, 0.4) is 0 Å². The number of morpholine rings is 1. The Bertz CT molecular complexity index is 969. The van der Waals surface area contributed by atoms with Crippen molar-refractivity contribution in [3.8, 4) is 11.4 Å². The van der Waals surface area contributed by atoms with Crippen LogP contribution in [-0.4, -0.2) is 69.0 Å². The first-order valence-corrected chi connectivity index (χ1v) is 9.77. The fourth-order valence-corrected chi connectivity index (χ4v) is 3.88. The first-order valence-electron chi connectivity index (χ1n) is 9.39. The summed E-state index contributed by atoms with van der Waals surface area (Å²) in [4.78, 5) is 24.6. The molecule has 2 aliphatic rings. The van der Waals surface area contributed by atoms with E-state index in [4.69, 9.17) is 31.0 Å². The Morgan fingerprint density at radius 2 is 1.86 bits per heavy atom. The molecule has 0 amide bonds. The molecule has 146 valence electrons. The van der Waals surface area contributed by atoms with Crippen molar-refractivity contribution in [2.75, 3.05) is 44.4 Å². The summed E-state index contributed by atoms with van der Waals surface area (Å²) in [6, 6.07) is 0. The SMILES string of the molecule is Clc1nc2c(N3CCOCC3)nc(-c3cncnc3)nc2n1CC1CCOC1. The standard InChI is InChI=1S/C18H20ClN7O2/c19-18-22-14-16(25-2-5-27-6-3-25)23-15(13-7-20-11-21-8-13)24-17(14)26(18)9-12-1-4-28-10-12/h7-8,11-12H,1-6,9-10H2. The Morgan fingerprint density at radius 3 is 2.61 bits per heavy atom. The van der Waals surface area contributed by atoms with Gasteiger partial charge in [0.2, 0.25) is 5.28 Å². The number of halogens is 1. The Hall–Kier alpha value is -2.36. The first-order chi connectivity index (χ1) is 13.8. The molecule has 3 aromatic rings. The van der Waals surface area contributed by atoms with Crippen molar-refractivity contribution in [3.63, 3.8) is 0 Å². The van der Waals surface area contributed by atoms with Crippen LogP contribution in [0.5, 0.6) is 0 Å². The van der Waals surface area contributed by atoms with Gasteiger partial charge in [0.05, 0.1) is 25.4 Å². The van der Waals surface area contributed by atoms with Gasteiger partial charge in [-0.25, -0.2) is 24.9 Å². The van der Waals surface area contributed by atoms with Crippen LogP contribution in [0, 0.1) is 5.92 Å². The number of nitrogens with zero attached hydrogens (tertiary/aromatic N) is 7. The highest BCUT2D eigenvalue weighted by molar-refractivity contribution is 6.29. The maximum Gasteiger partial charge on any atom is 0.205 e. The molecule has 1 atom stereocenters. The van der Waals surface area contributed by atoms with Gasteiger partial charge in [-0.15, -0.1) is 0 Å². The van der Waals surface area contributed by atoms with Crippen molar-refractivity contribution in [2.24, 2.45) is 5.92 Å². The quantitative estimate of drug-likeness (QED) is 0.611. The lowest BCUT2D eigenvalue weighted by atomic mass is 10.1. The van der Waals surface area contributed by atoms with Gasteiger partial charge in [0.25, 0.3) is 0 Å². The van der Waals surface area contributed by atoms with Gasteiger partial charge in [-0.3, -0.25) is 4.57 Å². The lowest BCUT2D eigenvalue weighted by molar-refractivity contribution is 0.122. The second kappa shape index (κ2) is 7.57. The molecule has 28 heavy (non-hydrogen) atoms. The summed E-state index contributed by atoms with van der Waals surface area (Å²) < 4.78 is 13.0. The molecule has 9 nitrogen and oxygen atoms in total. The molecule has 5 heterocycles. The largest absolute Gasteiger partial charge is 0.381 e. The first kappa shape index (κ1) is 17.7. The highest BCUT2D eigenvalue weighted by Crippen LogP contribution is 2.31. The van der Waals surface area contributed by atoms with Crippen molar-refractivity contribution >= 4 is 28.6 Å². The Kier molecular flexibility index (Phi) is 4.79. The van der Waals surface area contributed by atoms with Gasteiger partial charge in [0.1, 0.15) is 6.33 Å². The fourth-order valence-electron chi connectivity index (χ4n) is 3.65. The predicted octanol–water partition coefficient (Wildman–Crippen LogP) is 1.81. The van der Waals surface area contributed by atoms with E-state index in [1.807, 2.05) is 4.57 Å². The Balaban J connectivity index is 1.65. The van der Waals surface area contributed by atoms with E-state index in [9.17, 15) is 0 Å². The van der Waals surface area contributed by atoms with Crippen LogP contribution in [0.4, 0.5) is 5.82 Å². The molecule has 5 rings (SSSR count). The van der Waals surface area contributed by atoms with Crippen LogP contribution >= 0.6 is 11.6 Å². The van der Waals surface area contributed by atoms with Crippen molar-refractivity contribution < 1.29 is 9.47 Å². The highest BCUT2D eigenvalue weighted by Gasteiger charge is 2.25. The third-order valence-corrected chi connectivity index (χ3v) is 5.41. The number of fused-ring (bicyclic) bond motifs is 1. The van der Waals surface area contributed by atoms with Crippen LogP contribution in [0.1, 0.15) is 6.42 Å². The fraction of sp³-hybridized carbons (Fsp3) is 0.500. The summed E-state index contributed by atoms with van der Waals surface area (Å²) in [5, 5.41) is 0.423. The molecule has 0 bridgehead atoms. The molecule has 0 radical (unpaired) electrons. The van der Waals surface area contributed by atoms with E-state index in [0.29, 0.717) is 35.8 Å². The van der Waals surface area contributed by atoms with Gasteiger partial charge in [-0.2, -0.15) is 0 Å². The molecule has 0 aromatic carbocycles. The van der Waals surface area contributed by atoms with Crippen molar-refractivity contribution in [3.05, 3.63) is 24.0 Å². The molecule has 1 unspecified atom stereocenters. The molecular formula is C18H20ClN7O2. The minimum absolute atomic E-state index is 0.403. The van der Waals surface area contributed by atoms with Crippen LogP contribution in [0.25, 0.3) is 22.6 Å². The average Bonchev–Trinajstić information content (AvgIpc) is 3.37. The van der Waals surface area contributed by atoms with E-state index in [2.05, 4.69) is 19.9 Å². The summed E-state index contributed by atoms with van der Waals surface area (Å²) in [5.74, 6) is 1.74. The minimum atomic E-state index is 0.403. The maximum atomic E-state index is 6.53. The zero-order valence-electron chi connectivity index (χ0n) is 15.3. The second-order valence-corrected chi connectivity index (χ2v) is 7.33. The van der Waals surface area contributed by atoms with Gasteiger partial charge >= 0.3 is 0 Å². The van der Waals surface area contributed by atoms with Gasteiger partial charge < -0.3 is 14.4 Å². The molecule has 10 heteroatoms. The third kappa shape index (κ3) is 3.30. The van der Waals surface area contributed by atoms with Crippen LogP contribution in [-0.2, 0) is 16.0 Å². The number of anilines is 1. The summed E-state index contributed by atoms with van der Waals surface area (Å²) in [6.45, 7) is 5.05. The summed E-state index contributed by atoms with van der Waals surface area (Å²) in [7, 11) is 0. The van der Waals surface area contributed by atoms with Gasteiger partial charge in [0.15, 0.2) is 22.8 Å². The molecule has 0 aliphatic carbocycles. The minimum Gasteiger partial charge on any atom is -0.381 e. The number of imidazole rings is 1. The lowest BCUT2D eigenvalue weighted by Gasteiger charge is -2.28. The number of aromatic nitrogens is 6. The predicted molar refractivity (Wildman–Crippen MR) is 103 cm³/mol. The Labute approximate surface area is 166 Å². The lowest BCUT2D eigenvalue weighted by Crippen LogP contribution is -2.37. The van der Waals surface area contributed by atoms with Crippen molar-refractivity contribution in [2.45, 2.75) is 13.0 Å². The van der Waals surface area contributed by atoms with Crippen molar-refractivity contribution in [1.82, 2.24) is 29.5 Å². The monoisotopic (exact) mass is 401 g/mol. The third-order valence-electron chi connectivity index (χ3n) is 5.12. The van der Waals surface area contributed by atoms with Gasteiger partial charge in [-0.1, -0.05) is 0 Å². The van der Waals surface area contributed by atoms with E-state index in [1.165, 1.54) is 6.33 Å². The summed E-state index contributed by atoms with van der Waals surface area (Å²) in [5.41, 5.74) is 2.20. The van der Waals surface area contributed by atoms with Crippen LogP contribution < -0.4 is 4.90 Å². The van der Waals surface area contributed by atoms with E-state index >= 15 is 0 Å². The molecule has 2 aliphatic heterocycles. The van der Waals surface area contributed by atoms with Crippen LogP contribution in [0.15, 0.2) is 18.7 Å². The Morgan fingerprint density at radius 1 is 1.04 bits per heavy atom. The molecule has 0 N–H and O–H groups in total. The van der Waals surface area contributed by atoms with E-state index in [0.717, 1.165) is 56.3 Å². The summed E-state index contributed by atoms with van der Waals surface area (Å²) in [6.07, 6.45) is 5.93. The van der Waals surface area contributed by atoms with E-state index < -0.39 is 0 Å². The van der Waals surface area contributed by atoms with E-state index in [1.54, 1.807) is 12.4 Å². The van der Waals surface area contributed by atoms with Crippen molar-refractivity contribution in [1.29, 1.82) is 0 Å². The topological polar surface area (TPSA) is 91.1 Å². The smallest absolute Gasteiger partial charge is 0.205 e. The number of ether oxygens (including phenoxy) is 2. The molecule has 0 saturated carbocycles.